The third-order valence-electron chi connectivity index (χ3n) is 2.76. The van der Waals surface area contributed by atoms with Crippen molar-refractivity contribution in [2.24, 2.45) is 0 Å². The standard InChI is InChI=1S/C13H16FN5/c1-8-9(6-5-7-10(8)14)11-16-12(15-2)18-13(17-11)19(3)4/h5-7H,1-4H3,(H,15,16,17,18). The zero-order valence-electron chi connectivity index (χ0n) is 11.4. The van der Waals surface area contributed by atoms with E-state index in [0.29, 0.717) is 28.8 Å². The van der Waals surface area contributed by atoms with Crippen molar-refractivity contribution in [3.63, 3.8) is 0 Å². The highest BCUT2D eigenvalue weighted by Crippen LogP contribution is 2.23. The first-order valence-corrected chi connectivity index (χ1v) is 5.89. The summed E-state index contributed by atoms with van der Waals surface area (Å²) in [6.45, 7) is 1.71. The molecule has 0 aliphatic rings. The first-order valence-electron chi connectivity index (χ1n) is 5.89. The molecule has 100 valence electrons. The molecule has 0 bridgehead atoms. The summed E-state index contributed by atoms with van der Waals surface area (Å²) in [6, 6.07) is 4.87. The molecule has 0 radical (unpaired) electrons. The maximum Gasteiger partial charge on any atom is 0.230 e. The molecule has 1 heterocycles. The predicted octanol–water partition coefficient (Wildman–Crippen LogP) is 2.09. The molecule has 0 aliphatic heterocycles. The van der Waals surface area contributed by atoms with Gasteiger partial charge in [-0.2, -0.15) is 15.0 Å². The zero-order valence-corrected chi connectivity index (χ0v) is 11.4. The number of nitrogens with zero attached hydrogens (tertiary/aromatic N) is 4. The van der Waals surface area contributed by atoms with Crippen LogP contribution in [0.3, 0.4) is 0 Å². The van der Waals surface area contributed by atoms with Crippen molar-refractivity contribution in [2.75, 3.05) is 31.4 Å². The lowest BCUT2D eigenvalue weighted by atomic mass is 10.1. The molecule has 2 aromatic rings. The van der Waals surface area contributed by atoms with Crippen molar-refractivity contribution in [3.05, 3.63) is 29.6 Å². The van der Waals surface area contributed by atoms with Gasteiger partial charge in [0, 0.05) is 26.7 Å². The van der Waals surface area contributed by atoms with Gasteiger partial charge in [0.2, 0.25) is 11.9 Å². The Morgan fingerprint density at radius 1 is 1.16 bits per heavy atom. The second kappa shape index (κ2) is 5.17. The van der Waals surface area contributed by atoms with Crippen molar-refractivity contribution in [3.8, 4) is 11.4 Å². The third-order valence-corrected chi connectivity index (χ3v) is 2.76. The van der Waals surface area contributed by atoms with Crippen molar-refractivity contribution < 1.29 is 4.39 Å². The van der Waals surface area contributed by atoms with Gasteiger partial charge in [-0.05, 0) is 18.6 Å². The minimum Gasteiger partial charge on any atom is -0.357 e. The van der Waals surface area contributed by atoms with Gasteiger partial charge in [-0.1, -0.05) is 12.1 Å². The smallest absolute Gasteiger partial charge is 0.230 e. The fraction of sp³-hybridized carbons (Fsp3) is 0.308. The number of benzene rings is 1. The Morgan fingerprint density at radius 3 is 2.53 bits per heavy atom. The normalized spacial score (nSPS) is 10.4. The Kier molecular flexibility index (Phi) is 3.59. The average molecular weight is 261 g/mol. The Morgan fingerprint density at radius 2 is 1.89 bits per heavy atom. The highest BCUT2D eigenvalue weighted by Gasteiger charge is 2.12. The zero-order chi connectivity index (χ0) is 14.0. The summed E-state index contributed by atoms with van der Waals surface area (Å²) in [5.41, 5.74) is 1.20. The molecule has 2 rings (SSSR count). The summed E-state index contributed by atoms with van der Waals surface area (Å²) in [5.74, 6) is 1.17. The molecule has 0 spiro atoms. The molecule has 0 saturated heterocycles. The van der Waals surface area contributed by atoms with Gasteiger partial charge in [-0.25, -0.2) is 4.39 Å². The first kappa shape index (κ1) is 13.2. The van der Waals surface area contributed by atoms with Gasteiger partial charge in [-0.15, -0.1) is 0 Å². The highest BCUT2D eigenvalue weighted by atomic mass is 19.1. The molecule has 0 amide bonds. The van der Waals surface area contributed by atoms with Crippen LogP contribution in [0.4, 0.5) is 16.3 Å². The monoisotopic (exact) mass is 261 g/mol. The van der Waals surface area contributed by atoms with Crippen LogP contribution in [0.15, 0.2) is 18.2 Å². The maximum absolute atomic E-state index is 13.6. The first-order chi connectivity index (χ1) is 9.02. The Hall–Kier alpha value is -2.24. The number of aromatic nitrogens is 3. The predicted molar refractivity (Wildman–Crippen MR) is 73.8 cm³/mol. The number of hydrogen-bond donors (Lipinski definition) is 1. The van der Waals surface area contributed by atoms with Gasteiger partial charge in [0.05, 0.1) is 0 Å². The molecule has 19 heavy (non-hydrogen) atoms. The molecular formula is C13H16FN5. The van der Waals surface area contributed by atoms with Crippen molar-refractivity contribution in [2.45, 2.75) is 6.92 Å². The number of hydrogen-bond acceptors (Lipinski definition) is 5. The van der Waals surface area contributed by atoms with Gasteiger partial charge >= 0.3 is 0 Å². The Balaban J connectivity index is 2.61. The van der Waals surface area contributed by atoms with Gasteiger partial charge in [-0.3, -0.25) is 0 Å². The average Bonchev–Trinajstić information content (AvgIpc) is 2.41. The summed E-state index contributed by atoms with van der Waals surface area (Å²) in [5, 5.41) is 2.88. The van der Waals surface area contributed by atoms with E-state index in [1.807, 2.05) is 14.1 Å². The number of rotatable bonds is 3. The van der Waals surface area contributed by atoms with E-state index in [2.05, 4.69) is 20.3 Å². The van der Waals surface area contributed by atoms with Crippen LogP contribution in [-0.4, -0.2) is 36.1 Å². The molecule has 1 aromatic heterocycles. The second-order valence-corrected chi connectivity index (χ2v) is 4.34. The van der Waals surface area contributed by atoms with E-state index < -0.39 is 0 Å². The summed E-state index contributed by atoms with van der Waals surface area (Å²) in [6.07, 6.45) is 0. The molecular weight excluding hydrogens is 245 g/mol. The third kappa shape index (κ3) is 2.62. The van der Waals surface area contributed by atoms with E-state index in [1.54, 1.807) is 31.0 Å². The summed E-state index contributed by atoms with van der Waals surface area (Å²) in [4.78, 5) is 14.6. The molecule has 0 atom stereocenters. The van der Waals surface area contributed by atoms with E-state index in [0.717, 1.165) is 0 Å². The molecule has 0 saturated carbocycles. The lowest BCUT2D eigenvalue weighted by molar-refractivity contribution is 0.619. The molecule has 1 N–H and O–H groups in total. The van der Waals surface area contributed by atoms with Crippen LogP contribution in [0.5, 0.6) is 0 Å². The summed E-state index contributed by atoms with van der Waals surface area (Å²) in [7, 11) is 5.42. The number of anilines is 2. The maximum atomic E-state index is 13.6. The van der Waals surface area contributed by atoms with Gasteiger partial charge in [0.1, 0.15) is 5.82 Å². The largest absolute Gasteiger partial charge is 0.357 e. The van der Waals surface area contributed by atoms with Crippen molar-refractivity contribution in [1.29, 1.82) is 0 Å². The minimum atomic E-state index is -0.268. The minimum absolute atomic E-state index is 0.268. The van der Waals surface area contributed by atoms with Gasteiger partial charge in [0.15, 0.2) is 5.82 Å². The van der Waals surface area contributed by atoms with Crippen LogP contribution in [0.2, 0.25) is 0 Å². The van der Waals surface area contributed by atoms with Crippen LogP contribution in [0, 0.1) is 12.7 Å². The SMILES string of the molecule is CNc1nc(-c2cccc(F)c2C)nc(N(C)C)n1. The van der Waals surface area contributed by atoms with Crippen LogP contribution in [0.25, 0.3) is 11.4 Å². The van der Waals surface area contributed by atoms with E-state index in [9.17, 15) is 4.39 Å². The van der Waals surface area contributed by atoms with Crippen LogP contribution in [0.1, 0.15) is 5.56 Å². The highest BCUT2D eigenvalue weighted by molar-refractivity contribution is 5.62. The van der Waals surface area contributed by atoms with Crippen LogP contribution in [-0.2, 0) is 0 Å². The fourth-order valence-corrected chi connectivity index (χ4v) is 1.65. The summed E-state index contributed by atoms with van der Waals surface area (Å²) < 4.78 is 13.6. The quantitative estimate of drug-likeness (QED) is 0.917. The van der Waals surface area contributed by atoms with Crippen LogP contribution >= 0.6 is 0 Å². The van der Waals surface area contributed by atoms with Gasteiger partial charge in [0.25, 0.3) is 0 Å². The molecule has 0 unspecified atom stereocenters. The fourth-order valence-electron chi connectivity index (χ4n) is 1.65. The number of halogens is 1. The Labute approximate surface area is 111 Å². The van der Waals surface area contributed by atoms with Crippen molar-refractivity contribution >= 4 is 11.9 Å². The van der Waals surface area contributed by atoms with Crippen LogP contribution < -0.4 is 10.2 Å². The molecule has 0 aliphatic carbocycles. The molecule has 6 heteroatoms. The van der Waals surface area contributed by atoms with E-state index in [1.165, 1.54) is 6.07 Å². The summed E-state index contributed by atoms with van der Waals surface area (Å²) >= 11 is 0. The van der Waals surface area contributed by atoms with E-state index in [4.69, 9.17) is 0 Å². The lowest BCUT2D eigenvalue weighted by Gasteiger charge is -2.13. The van der Waals surface area contributed by atoms with E-state index >= 15 is 0 Å². The second-order valence-electron chi connectivity index (χ2n) is 4.34. The molecule has 0 fully saturated rings. The molecule has 1 aromatic carbocycles. The number of nitrogens with one attached hydrogen (secondary N) is 1. The Bertz CT molecular complexity index is 598. The van der Waals surface area contributed by atoms with Gasteiger partial charge < -0.3 is 10.2 Å². The topological polar surface area (TPSA) is 53.9 Å². The lowest BCUT2D eigenvalue weighted by Crippen LogP contribution is -2.15. The van der Waals surface area contributed by atoms with Crippen molar-refractivity contribution in [1.82, 2.24) is 15.0 Å². The molecule has 5 nitrogen and oxygen atoms in total. The van der Waals surface area contributed by atoms with E-state index in [-0.39, 0.29) is 5.82 Å².